The molecule has 0 spiro atoms. The number of rotatable bonds is 23. The van der Waals surface area contributed by atoms with Crippen molar-refractivity contribution in [1.29, 1.82) is 0 Å². The van der Waals surface area contributed by atoms with Crippen LogP contribution in [0.5, 0.6) is 23.0 Å². The van der Waals surface area contributed by atoms with E-state index in [1.165, 1.54) is 54.4 Å². The molecule has 2 fully saturated rings. The van der Waals surface area contributed by atoms with E-state index >= 15 is 0 Å². The molecule has 1 amide bonds. The first-order chi connectivity index (χ1) is 36.9. The summed E-state index contributed by atoms with van der Waals surface area (Å²) in [4.78, 5) is 21.3. The van der Waals surface area contributed by atoms with Crippen LogP contribution >= 0.6 is 0 Å². The number of nitrogens with zero attached hydrogens (tertiary/aromatic N) is 3. The molecule has 2 aliphatic rings. The highest BCUT2D eigenvalue weighted by Gasteiger charge is 2.29. The second-order valence-corrected chi connectivity index (χ2v) is 20.0. The van der Waals surface area contributed by atoms with E-state index < -0.39 is 0 Å². The largest absolute Gasteiger partial charge is 0.493 e. The number of hydrogen-bond donors (Lipinski definition) is 1. The number of methoxy groups -OCH3 is 2. The fraction of sp³-hybridized carbons (Fsp3) is 0.348. The zero-order valence-corrected chi connectivity index (χ0v) is 44.6. The maximum atomic E-state index is 14.1. The average molecular weight is 1010 g/mol. The lowest BCUT2D eigenvalue weighted by molar-refractivity contribution is 0.0542. The van der Waals surface area contributed by atoms with Crippen molar-refractivity contribution in [2.75, 3.05) is 40.4 Å². The summed E-state index contributed by atoms with van der Waals surface area (Å²) in [6.45, 7) is 10.8. The number of piperidine rings is 2. The Morgan fingerprint density at radius 3 is 1.45 bits per heavy atom. The van der Waals surface area contributed by atoms with E-state index in [0.717, 1.165) is 98.8 Å². The molecule has 392 valence electrons. The Morgan fingerprint density at radius 1 is 0.507 bits per heavy atom. The SMILES string of the molecule is CCCCCc1ccc(C(=O)N(Cc2ccc(OCc3ccccc3)c(OC)c2)C2CCN(Cc3ccccc3)CC2)cc1.COc1cc(CNC2CCN(Cc3ccccc3)CC2)ccc1OCc1ccccc1. The van der Waals surface area contributed by atoms with Gasteiger partial charge >= 0.3 is 0 Å². The molecular weight excluding hydrogens is 929 g/mol. The van der Waals surface area contributed by atoms with Crippen LogP contribution in [0.25, 0.3) is 0 Å². The van der Waals surface area contributed by atoms with Gasteiger partial charge < -0.3 is 29.2 Å². The third kappa shape index (κ3) is 17.1. The molecule has 2 aliphatic heterocycles. The predicted octanol–water partition coefficient (Wildman–Crippen LogP) is 13.3. The highest BCUT2D eigenvalue weighted by Crippen LogP contribution is 2.32. The van der Waals surface area contributed by atoms with E-state index in [2.05, 4.69) is 130 Å². The Kier molecular flexibility index (Phi) is 21.2. The van der Waals surface area contributed by atoms with Crippen molar-refractivity contribution in [3.05, 3.63) is 226 Å². The first-order valence-corrected chi connectivity index (χ1v) is 27.3. The lowest BCUT2D eigenvalue weighted by atomic mass is 9.99. The highest BCUT2D eigenvalue weighted by molar-refractivity contribution is 5.94. The first-order valence-electron chi connectivity index (χ1n) is 27.3. The number of carbonyl (C=O) groups is 1. The Balaban J connectivity index is 0.000000211. The monoisotopic (exact) mass is 1010 g/mol. The van der Waals surface area contributed by atoms with Crippen molar-refractivity contribution in [3.8, 4) is 23.0 Å². The van der Waals surface area contributed by atoms with Gasteiger partial charge in [0.1, 0.15) is 13.2 Å². The van der Waals surface area contributed by atoms with Crippen LogP contribution in [0.2, 0.25) is 0 Å². The third-order valence-electron chi connectivity index (χ3n) is 14.5. The minimum absolute atomic E-state index is 0.0926. The normalized spacial score (nSPS) is 14.3. The summed E-state index contributed by atoms with van der Waals surface area (Å²) in [7, 11) is 3.37. The second kappa shape index (κ2) is 29.3. The fourth-order valence-electron chi connectivity index (χ4n) is 10.1. The molecular formula is C66H78N4O5. The van der Waals surface area contributed by atoms with E-state index in [4.69, 9.17) is 18.9 Å². The lowest BCUT2D eigenvalue weighted by Crippen LogP contribution is -2.46. The molecule has 0 aromatic heterocycles. The molecule has 0 atom stereocenters. The van der Waals surface area contributed by atoms with Crippen LogP contribution in [0.3, 0.4) is 0 Å². The summed E-state index contributed by atoms with van der Waals surface area (Å²) in [5, 5.41) is 3.73. The number of nitrogens with one attached hydrogen (secondary N) is 1. The maximum absolute atomic E-state index is 14.1. The lowest BCUT2D eigenvalue weighted by Gasteiger charge is -2.39. The molecule has 9 heteroatoms. The van der Waals surface area contributed by atoms with E-state index in [-0.39, 0.29) is 11.9 Å². The van der Waals surface area contributed by atoms with E-state index in [1.807, 2.05) is 78.9 Å². The molecule has 1 N–H and O–H groups in total. The third-order valence-corrected chi connectivity index (χ3v) is 14.5. The molecule has 0 saturated carbocycles. The number of aryl methyl sites for hydroxylation is 1. The number of carbonyl (C=O) groups excluding carboxylic acids is 1. The number of unbranched alkanes of at least 4 members (excludes halogenated alkanes) is 2. The van der Waals surface area contributed by atoms with Gasteiger partial charge in [-0.05, 0) is 127 Å². The van der Waals surface area contributed by atoms with Crippen LogP contribution < -0.4 is 24.3 Å². The van der Waals surface area contributed by atoms with Crippen molar-refractivity contribution in [2.45, 2.75) is 110 Å². The van der Waals surface area contributed by atoms with Gasteiger partial charge in [-0.1, -0.05) is 165 Å². The maximum Gasteiger partial charge on any atom is 0.254 e. The molecule has 9 rings (SSSR count). The molecule has 9 nitrogen and oxygen atoms in total. The second-order valence-electron chi connectivity index (χ2n) is 20.0. The average Bonchev–Trinajstić information content (AvgIpc) is 3.47. The molecule has 0 radical (unpaired) electrons. The van der Waals surface area contributed by atoms with Gasteiger partial charge in [-0.25, -0.2) is 0 Å². The Morgan fingerprint density at radius 2 is 0.960 bits per heavy atom. The summed E-state index contributed by atoms with van der Waals surface area (Å²) in [6, 6.07) is 63.0. The van der Waals surface area contributed by atoms with E-state index in [1.54, 1.807) is 14.2 Å². The molecule has 75 heavy (non-hydrogen) atoms. The predicted molar refractivity (Wildman–Crippen MR) is 303 cm³/mol. The van der Waals surface area contributed by atoms with Crippen molar-refractivity contribution in [1.82, 2.24) is 20.0 Å². The quantitative estimate of drug-likeness (QED) is 0.0635. The van der Waals surface area contributed by atoms with Crippen molar-refractivity contribution in [3.63, 3.8) is 0 Å². The van der Waals surface area contributed by atoms with Gasteiger partial charge in [-0.15, -0.1) is 0 Å². The van der Waals surface area contributed by atoms with Crippen LogP contribution in [0, 0.1) is 0 Å². The summed E-state index contributed by atoms with van der Waals surface area (Å²) in [6.07, 6.45) is 8.95. The zero-order valence-electron chi connectivity index (χ0n) is 44.6. The molecule has 2 heterocycles. The van der Waals surface area contributed by atoms with Gasteiger partial charge in [0, 0.05) is 56.9 Å². The molecule has 0 aliphatic carbocycles. The Labute approximate surface area is 447 Å². The summed E-state index contributed by atoms with van der Waals surface area (Å²) >= 11 is 0. The van der Waals surface area contributed by atoms with E-state index in [9.17, 15) is 4.79 Å². The molecule has 0 bridgehead atoms. The zero-order chi connectivity index (χ0) is 51.9. The summed E-state index contributed by atoms with van der Waals surface area (Å²) in [5.41, 5.74) is 9.28. The summed E-state index contributed by atoms with van der Waals surface area (Å²) in [5.74, 6) is 3.04. The minimum Gasteiger partial charge on any atom is -0.493 e. The standard InChI is InChI=1S/C39H46N2O3.C27H32N2O2/c1-3-4-7-12-31-17-20-35(21-18-31)39(42)41(36-23-25-40(26-24-36)28-32-13-8-5-9-14-32)29-34-19-22-37(38(27-34)43-2)44-30-33-15-10-6-11-16-33;1-30-27-18-24(12-13-26(27)31-21-23-10-6-3-7-11-23)19-28-25-14-16-29(17-15-25)20-22-8-4-2-5-9-22/h5-6,8-11,13-22,27,36H,3-4,7,12,23-26,28-30H2,1-2H3;2-13,18,25,28H,14-17,19-21H2,1H3. The minimum atomic E-state index is 0.0926. The van der Waals surface area contributed by atoms with Gasteiger partial charge in [0.25, 0.3) is 5.91 Å². The van der Waals surface area contributed by atoms with Gasteiger partial charge in [-0.2, -0.15) is 0 Å². The van der Waals surface area contributed by atoms with Crippen molar-refractivity contribution >= 4 is 5.91 Å². The van der Waals surface area contributed by atoms with Crippen LogP contribution in [0.1, 0.15) is 101 Å². The highest BCUT2D eigenvalue weighted by atomic mass is 16.5. The smallest absolute Gasteiger partial charge is 0.254 e. The molecule has 0 unspecified atom stereocenters. The molecule has 2 saturated heterocycles. The molecule has 7 aromatic rings. The van der Waals surface area contributed by atoms with Crippen LogP contribution in [-0.2, 0) is 45.8 Å². The number of ether oxygens (including phenoxy) is 4. The molecule has 7 aromatic carbocycles. The Bertz CT molecular complexity index is 2730. The van der Waals surface area contributed by atoms with Gasteiger partial charge in [0.15, 0.2) is 23.0 Å². The number of likely N-dealkylation sites (tertiary alicyclic amines) is 2. The van der Waals surface area contributed by atoms with Crippen LogP contribution in [0.15, 0.2) is 182 Å². The number of amides is 1. The van der Waals surface area contributed by atoms with Crippen molar-refractivity contribution < 1.29 is 23.7 Å². The fourth-order valence-corrected chi connectivity index (χ4v) is 10.1. The first kappa shape index (κ1) is 54.4. The summed E-state index contributed by atoms with van der Waals surface area (Å²) < 4.78 is 23.4. The topological polar surface area (TPSA) is 75.7 Å². The van der Waals surface area contributed by atoms with E-state index in [0.29, 0.717) is 37.3 Å². The Hall–Kier alpha value is -6.91. The number of benzene rings is 7. The van der Waals surface area contributed by atoms with Crippen molar-refractivity contribution in [2.24, 2.45) is 0 Å². The van der Waals surface area contributed by atoms with Gasteiger partial charge in [-0.3, -0.25) is 14.6 Å². The number of hydrogen-bond acceptors (Lipinski definition) is 8. The van der Waals surface area contributed by atoms with Crippen LogP contribution in [-0.4, -0.2) is 73.1 Å². The van der Waals surface area contributed by atoms with Gasteiger partial charge in [0.2, 0.25) is 0 Å². The van der Waals surface area contributed by atoms with Gasteiger partial charge in [0.05, 0.1) is 14.2 Å². The van der Waals surface area contributed by atoms with Crippen LogP contribution in [0.4, 0.5) is 0 Å².